The Morgan fingerprint density at radius 3 is 2.43 bits per heavy atom. The van der Waals surface area contributed by atoms with Gasteiger partial charge in [-0.15, -0.1) is 11.8 Å². The molecule has 5 nitrogen and oxygen atoms in total. The van der Waals surface area contributed by atoms with Crippen LogP contribution in [-0.2, 0) is 20.6 Å². The minimum atomic E-state index is -3.68. The molecule has 0 spiro atoms. The Labute approximate surface area is 176 Å². The Morgan fingerprint density at radius 2 is 1.79 bits per heavy atom. The summed E-state index contributed by atoms with van der Waals surface area (Å²) in [6.07, 6.45) is 1.93. The molecule has 0 aliphatic rings. The summed E-state index contributed by atoms with van der Waals surface area (Å²) >= 11 is 3.28. The molecule has 2 rings (SSSR count). The van der Waals surface area contributed by atoms with Gasteiger partial charge in [0.05, 0.1) is 11.4 Å². The Hall–Kier alpha value is -1.48. The van der Waals surface area contributed by atoms with Gasteiger partial charge in [0.2, 0.25) is 15.9 Å². The number of likely N-dealkylation sites (N-methyl/N-ethyl adjacent to an activating group) is 1. The highest BCUT2D eigenvalue weighted by molar-refractivity contribution is 7.98. The zero-order valence-electron chi connectivity index (χ0n) is 16.3. The molecule has 0 saturated heterocycles. The number of rotatable bonds is 10. The number of hydrogen-bond acceptors (Lipinski definition) is 5. The van der Waals surface area contributed by atoms with E-state index in [0.29, 0.717) is 6.54 Å². The van der Waals surface area contributed by atoms with Gasteiger partial charge in [-0.05, 0) is 48.6 Å². The highest BCUT2D eigenvalue weighted by atomic mass is 32.2. The van der Waals surface area contributed by atoms with Crippen LogP contribution in [0, 0.1) is 6.92 Å². The first-order valence-corrected chi connectivity index (χ1v) is 12.7. The van der Waals surface area contributed by atoms with Crippen molar-refractivity contribution in [2.24, 2.45) is 0 Å². The van der Waals surface area contributed by atoms with Crippen LogP contribution in [0.3, 0.4) is 0 Å². The average molecular weight is 439 g/mol. The number of sulfonamides is 1. The summed E-state index contributed by atoms with van der Waals surface area (Å²) in [6.45, 7) is 2.39. The van der Waals surface area contributed by atoms with Gasteiger partial charge in [0.1, 0.15) is 0 Å². The number of thioether (sulfide) groups is 2. The second-order valence-electron chi connectivity index (χ2n) is 6.27. The van der Waals surface area contributed by atoms with Crippen LogP contribution < -0.4 is 5.32 Å². The van der Waals surface area contributed by atoms with E-state index in [0.717, 1.165) is 20.7 Å². The second-order valence-corrected chi connectivity index (χ2v) is 10.3. The molecular formula is C20H26N2O3S3. The second kappa shape index (κ2) is 10.9. The Balaban J connectivity index is 1.76. The number of hydrogen-bond donors (Lipinski definition) is 1. The third-order valence-corrected chi connectivity index (χ3v) is 7.79. The van der Waals surface area contributed by atoms with Gasteiger partial charge in [0.25, 0.3) is 0 Å². The van der Waals surface area contributed by atoms with Crippen molar-refractivity contribution in [2.45, 2.75) is 22.5 Å². The first kappa shape index (κ1) is 22.8. The quantitative estimate of drug-likeness (QED) is 0.455. The van der Waals surface area contributed by atoms with E-state index in [-0.39, 0.29) is 17.3 Å². The molecule has 0 fully saturated rings. The predicted octanol–water partition coefficient (Wildman–Crippen LogP) is 3.39. The van der Waals surface area contributed by atoms with Gasteiger partial charge in [0.15, 0.2) is 0 Å². The molecule has 0 aliphatic carbocycles. The highest BCUT2D eigenvalue weighted by Crippen LogP contribution is 2.20. The van der Waals surface area contributed by atoms with Gasteiger partial charge < -0.3 is 5.32 Å². The van der Waals surface area contributed by atoms with Crippen LogP contribution >= 0.6 is 23.5 Å². The average Bonchev–Trinajstić information content (AvgIpc) is 2.69. The molecule has 28 heavy (non-hydrogen) atoms. The van der Waals surface area contributed by atoms with E-state index in [2.05, 4.69) is 24.4 Å². The molecular weight excluding hydrogens is 412 g/mol. The maximum absolute atomic E-state index is 12.6. The number of carbonyl (C=O) groups excluding carboxylic acids is 1. The molecule has 2 aromatic carbocycles. The Kier molecular flexibility index (Phi) is 8.88. The molecule has 2 aromatic rings. The summed E-state index contributed by atoms with van der Waals surface area (Å²) in [5.74, 6) is 1.36. The first-order chi connectivity index (χ1) is 13.3. The van der Waals surface area contributed by atoms with Crippen LogP contribution in [0.4, 0.5) is 0 Å². The van der Waals surface area contributed by atoms with Crippen molar-refractivity contribution >= 4 is 39.5 Å². The van der Waals surface area contributed by atoms with Crippen molar-refractivity contribution in [3.8, 4) is 0 Å². The fourth-order valence-electron chi connectivity index (χ4n) is 2.49. The van der Waals surface area contributed by atoms with E-state index in [9.17, 15) is 13.2 Å². The van der Waals surface area contributed by atoms with Crippen LogP contribution in [-0.4, -0.2) is 50.8 Å². The normalized spacial score (nSPS) is 11.6. The fraction of sp³-hybridized carbons (Fsp3) is 0.350. The summed E-state index contributed by atoms with van der Waals surface area (Å²) in [5, 5.41) is 2.79. The largest absolute Gasteiger partial charge is 0.354 e. The number of carbonyl (C=O) groups is 1. The van der Waals surface area contributed by atoms with Crippen LogP contribution in [0.15, 0.2) is 58.3 Å². The predicted molar refractivity (Wildman–Crippen MR) is 118 cm³/mol. The molecule has 8 heteroatoms. The Morgan fingerprint density at radius 1 is 1.11 bits per heavy atom. The van der Waals surface area contributed by atoms with E-state index in [1.165, 1.54) is 18.2 Å². The van der Waals surface area contributed by atoms with Crippen molar-refractivity contribution in [1.82, 2.24) is 9.62 Å². The van der Waals surface area contributed by atoms with Crippen LogP contribution in [0.2, 0.25) is 0 Å². The van der Waals surface area contributed by atoms with E-state index < -0.39 is 10.0 Å². The number of benzene rings is 2. The van der Waals surface area contributed by atoms with Crippen LogP contribution in [0.25, 0.3) is 0 Å². The first-order valence-electron chi connectivity index (χ1n) is 8.84. The molecule has 0 saturated carbocycles. The van der Waals surface area contributed by atoms with Crippen molar-refractivity contribution in [1.29, 1.82) is 0 Å². The zero-order valence-corrected chi connectivity index (χ0v) is 18.8. The fourth-order valence-corrected chi connectivity index (χ4v) is 4.96. The molecule has 152 valence electrons. The van der Waals surface area contributed by atoms with Gasteiger partial charge >= 0.3 is 0 Å². The lowest BCUT2D eigenvalue weighted by Crippen LogP contribution is -2.39. The molecule has 0 unspecified atom stereocenters. The lowest BCUT2D eigenvalue weighted by atomic mass is 10.1. The van der Waals surface area contributed by atoms with E-state index in [1.54, 1.807) is 47.8 Å². The summed E-state index contributed by atoms with van der Waals surface area (Å²) in [5.41, 5.74) is 2.55. The van der Waals surface area contributed by atoms with Crippen molar-refractivity contribution < 1.29 is 13.2 Å². The molecule has 0 aromatic heterocycles. The van der Waals surface area contributed by atoms with E-state index in [1.807, 2.05) is 18.4 Å². The molecule has 0 radical (unpaired) electrons. The molecule has 0 atom stereocenters. The summed E-state index contributed by atoms with van der Waals surface area (Å²) in [7, 11) is -2.26. The number of nitrogens with zero attached hydrogens (tertiary/aromatic N) is 1. The SMILES string of the molecule is CSc1ccc(S(=O)(=O)N(C)CC(=O)NCCSCc2ccccc2C)cc1. The van der Waals surface area contributed by atoms with Gasteiger partial charge in [-0.3, -0.25) is 4.79 Å². The van der Waals surface area contributed by atoms with Gasteiger partial charge in [0, 0.05) is 30.0 Å². The minimum absolute atomic E-state index is 0.189. The highest BCUT2D eigenvalue weighted by Gasteiger charge is 2.22. The van der Waals surface area contributed by atoms with E-state index >= 15 is 0 Å². The molecule has 0 bridgehead atoms. The molecule has 0 heterocycles. The summed E-state index contributed by atoms with van der Waals surface area (Å²) in [6, 6.07) is 14.9. The number of aryl methyl sites for hydroxylation is 1. The third-order valence-electron chi connectivity index (χ3n) is 4.22. The van der Waals surface area contributed by atoms with Gasteiger partial charge in [-0.25, -0.2) is 8.42 Å². The van der Waals surface area contributed by atoms with Crippen molar-refractivity contribution in [3.05, 3.63) is 59.7 Å². The smallest absolute Gasteiger partial charge is 0.243 e. The molecule has 1 amide bonds. The molecule has 1 N–H and O–H groups in total. The van der Waals surface area contributed by atoms with Crippen LogP contribution in [0.1, 0.15) is 11.1 Å². The number of nitrogens with one attached hydrogen (secondary N) is 1. The molecule has 0 aliphatic heterocycles. The maximum atomic E-state index is 12.6. The zero-order chi connectivity index (χ0) is 20.6. The van der Waals surface area contributed by atoms with E-state index in [4.69, 9.17) is 0 Å². The lowest BCUT2D eigenvalue weighted by molar-refractivity contribution is -0.121. The number of amides is 1. The third kappa shape index (κ3) is 6.55. The monoisotopic (exact) mass is 438 g/mol. The van der Waals surface area contributed by atoms with Crippen LogP contribution in [0.5, 0.6) is 0 Å². The standard InChI is InChI=1S/C20H26N2O3S3/c1-16-6-4-5-7-17(16)15-27-13-12-21-20(23)14-22(2)28(24,25)19-10-8-18(26-3)9-11-19/h4-11H,12-15H2,1-3H3,(H,21,23). The summed E-state index contributed by atoms with van der Waals surface area (Å²) in [4.78, 5) is 13.3. The lowest BCUT2D eigenvalue weighted by Gasteiger charge is -2.17. The van der Waals surface area contributed by atoms with Crippen molar-refractivity contribution in [2.75, 3.05) is 32.1 Å². The van der Waals surface area contributed by atoms with Crippen molar-refractivity contribution in [3.63, 3.8) is 0 Å². The maximum Gasteiger partial charge on any atom is 0.243 e. The van der Waals surface area contributed by atoms with Gasteiger partial charge in [-0.1, -0.05) is 24.3 Å². The minimum Gasteiger partial charge on any atom is -0.354 e. The summed E-state index contributed by atoms with van der Waals surface area (Å²) < 4.78 is 26.2. The van der Waals surface area contributed by atoms with Gasteiger partial charge in [-0.2, -0.15) is 16.1 Å². The Bertz CT molecular complexity index is 884. The topological polar surface area (TPSA) is 66.5 Å².